The van der Waals surface area contributed by atoms with Crippen molar-refractivity contribution in [2.45, 2.75) is 33.9 Å². The monoisotopic (exact) mass is 351 g/mol. The zero-order valence-electron chi connectivity index (χ0n) is 14.7. The minimum Gasteiger partial charge on any atom is -0.423 e. The van der Waals surface area contributed by atoms with E-state index in [-0.39, 0.29) is 12.1 Å². The second kappa shape index (κ2) is 6.48. The van der Waals surface area contributed by atoms with E-state index in [1.54, 1.807) is 13.0 Å². The number of fused-ring (bicyclic) bond motifs is 1. The predicted octanol–water partition coefficient (Wildman–Crippen LogP) is 1.67. The molecule has 7 heteroatoms. The van der Waals surface area contributed by atoms with Gasteiger partial charge in [0.05, 0.1) is 6.54 Å². The molecular weight excluding hydrogens is 334 g/mol. The molecule has 2 heterocycles. The smallest absolute Gasteiger partial charge is 0.336 e. The van der Waals surface area contributed by atoms with E-state index in [0.717, 1.165) is 15.7 Å². The highest BCUT2D eigenvalue weighted by Gasteiger charge is 2.14. The van der Waals surface area contributed by atoms with E-state index >= 15 is 0 Å². The fraction of sp³-hybridized carbons (Fsp3) is 0.263. The van der Waals surface area contributed by atoms with Crippen LogP contribution in [0.5, 0.6) is 0 Å². The lowest BCUT2D eigenvalue weighted by atomic mass is 10.0. The lowest BCUT2D eigenvalue weighted by molar-refractivity contribution is 0.553. The van der Waals surface area contributed by atoms with Crippen molar-refractivity contribution >= 4 is 11.0 Å². The molecule has 1 aromatic carbocycles. The molecule has 132 valence electrons. The van der Waals surface area contributed by atoms with Crippen LogP contribution in [0.25, 0.3) is 11.0 Å². The molecule has 0 N–H and O–H groups in total. The molecule has 0 aliphatic heterocycles. The van der Waals surface area contributed by atoms with Crippen molar-refractivity contribution in [3.63, 3.8) is 0 Å². The Balaban J connectivity index is 2.30. The number of hydrogen-bond donors (Lipinski definition) is 0. The SMILES string of the molecule is CCn1cc(C#N)c(=O)n(Cc2cc(=O)oc3cc(C)c(C)cc23)c1=O. The summed E-state index contributed by atoms with van der Waals surface area (Å²) in [4.78, 5) is 36.9. The average molecular weight is 351 g/mol. The summed E-state index contributed by atoms with van der Waals surface area (Å²) in [5, 5.41) is 9.82. The quantitative estimate of drug-likeness (QED) is 0.669. The van der Waals surface area contributed by atoms with Crippen molar-refractivity contribution < 1.29 is 4.42 Å². The summed E-state index contributed by atoms with van der Waals surface area (Å²) in [5.41, 5.74) is 0.981. The van der Waals surface area contributed by atoms with Gasteiger partial charge in [-0.2, -0.15) is 5.26 Å². The first kappa shape index (κ1) is 17.4. The second-order valence-electron chi connectivity index (χ2n) is 6.14. The van der Waals surface area contributed by atoms with Crippen LogP contribution in [-0.4, -0.2) is 9.13 Å². The van der Waals surface area contributed by atoms with Gasteiger partial charge in [-0.3, -0.25) is 13.9 Å². The number of rotatable bonds is 3. The molecule has 0 aliphatic carbocycles. The lowest BCUT2D eigenvalue weighted by Crippen LogP contribution is -2.41. The molecule has 0 unspecified atom stereocenters. The van der Waals surface area contributed by atoms with E-state index in [1.165, 1.54) is 16.8 Å². The normalized spacial score (nSPS) is 10.8. The standard InChI is InChI=1S/C19H17N3O4/c1-4-21-9-14(8-20)18(24)22(19(21)25)10-13-7-17(23)26-16-6-12(3)11(2)5-15(13)16/h5-7,9H,4,10H2,1-3H3. The van der Waals surface area contributed by atoms with Crippen LogP contribution >= 0.6 is 0 Å². The van der Waals surface area contributed by atoms with E-state index in [4.69, 9.17) is 9.68 Å². The maximum atomic E-state index is 12.6. The van der Waals surface area contributed by atoms with Crippen LogP contribution < -0.4 is 16.9 Å². The van der Waals surface area contributed by atoms with Crippen molar-refractivity contribution in [1.29, 1.82) is 5.26 Å². The molecule has 0 fully saturated rings. The van der Waals surface area contributed by atoms with Crippen LogP contribution in [-0.2, 0) is 13.1 Å². The molecular formula is C19H17N3O4. The topological polar surface area (TPSA) is 98.0 Å². The van der Waals surface area contributed by atoms with Gasteiger partial charge in [-0.05, 0) is 49.6 Å². The van der Waals surface area contributed by atoms with Gasteiger partial charge in [-0.1, -0.05) is 0 Å². The molecule has 0 radical (unpaired) electrons. The van der Waals surface area contributed by atoms with Gasteiger partial charge < -0.3 is 4.42 Å². The van der Waals surface area contributed by atoms with Crippen molar-refractivity contribution in [2.75, 3.05) is 0 Å². The van der Waals surface area contributed by atoms with Gasteiger partial charge in [-0.25, -0.2) is 9.59 Å². The minimum atomic E-state index is -0.674. The van der Waals surface area contributed by atoms with E-state index < -0.39 is 16.9 Å². The predicted molar refractivity (Wildman–Crippen MR) is 96.4 cm³/mol. The van der Waals surface area contributed by atoms with Crippen LogP contribution in [0.15, 0.2) is 43.2 Å². The first-order valence-electron chi connectivity index (χ1n) is 8.14. The van der Waals surface area contributed by atoms with Gasteiger partial charge in [-0.15, -0.1) is 0 Å². The zero-order valence-corrected chi connectivity index (χ0v) is 14.7. The van der Waals surface area contributed by atoms with Gasteiger partial charge in [0.2, 0.25) is 0 Å². The molecule has 0 atom stereocenters. The molecule has 0 spiro atoms. The highest BCUT2D eigenvalue weighted by Crippen LogP contribution is 2.21. The maximum absolute atomic E-state index is 12.6. The third-order valence-electron chi connectivity index (χ3n) is 4.47. The highest BCUT2D eigenvalue weighted by atomic mass is 16.4. The summed E-state index contributed by atoms with van der Waals surface area (Å²) in [5.74, 6) is 0. The third-order valence-corrected chi connectivity index (χ3v) is 4.47. The van der Waals surface area contributed by atoms with Crippen molar-refractivity contribution in [3.8, 4) is 6.07 Å². The van der Waals surface area contributed by atoms with Crippen LogP contribution in [0.4, 0.5) is 0 Å². The number of hydrogen-bond acceptors (Lipinski definition) is 5. The fourth-order valence-electron chi connectivity index (χ4n) is 2.88. The molecule has 0 aliphatic rings. The Morgan fingerprint density at radius 1 is 1.12 bits per heavy atom. The van der Waals surface area contributed by atoms with Gasteiger partial charge >= 0.3 is 11.3 Å². The maximum Gasteiger partial charge on any atom is 0.336 e. The Labute approximate surface area is 148 Å². The van der Waals surface area contributed by atoms with Crippen LogP contribution in [0.3, 0.4) is 0 Å². The van der Waals surface area contributed by atoms with Gasteiger partial charge in [0.25, 0.3) is 5.56 Å². The molecule has 0 bridgehead atoms. The van der Waals surface area contributed by atoms with Gasteiger partial charge in [0.1, 0.15) is 17.2 Å². The molecule has 26 heavy (non-hydrogen) atoms. The number of aromatic nitrogens is 2. The Morgan fingerprint density at radius 2 is 1.81 bits per heavy atom. The third kappa shape index (κ3) is 2.86. The van der Waals surface area contributed by atoms with Gasteiger partial charge in [0.15, 0.2) is 0 Å². The van der Waals surface area contributed by atoms with Crippen molar-refractivity contribution in [1.82, 2.24) is 9.13 Å². The number of nitrogens with zero attached hydrogens (tertiary/aromatic N) is 3. The lowest BCUT2D eigenvalue weighted by Gasteiger charge is -2.11. The molecule has 0 saturated carbocycles. The molecule has 0 amide bonds. The summed E-state index contributed by atoms with van der Waals surface area (Å²) in [7, 11) is 0. The molecule has 2 aromatic heterocycles. The summed E-state index contributed by atoms with van der Waals surface area (Å²) in [6.07, 6.45) is 1.26. The fourth-order valence-corrected chi connectivity index (χ4v) is 2.88. The van der Waals surface area contributed by atoms with Gasteiger partial charge in [0, 0.05) is 24.2 Å². The van der Waals surface area contributed by atoms with E-state index in [2.05, 4.69) is 0 Å². The zero-order chi connectivity index (χ0) is 19.0. The highest BCUT2D eigenvalue weighted by molar-refractivity contribution is 5.81. The van der Waals surface area contributed by atoms with Crippen molar-refractivity contribution in [2.24, 2.45) is 0 Å². The largest absolute Gasteiger partial charge is 0.423 e. The molecule has 3 aromatic rings. The summed E-state index contributed by atoms with van der Waals surface area (Å²) in [6, 6.07) is 6.71. The first-order chi connectivity index (χ1) is 12.3. The molecule has 7 nitrogen and oxygen atoms in total. The van der Waals surface area contributed by atoms with E-state index in [0.29, 0.717) is 23.1 Å². The Kier molecular flexibility index (Phi) is 4.34. The Hall–Kier alpha value is -3.40. The molecule has 0 saturated heterocycles. The second-order valence-corrected chi connectivity index (χ2v) is 6.14. The minimum absolute atomic E-state index is 0.113. The van der Waals surface area contributed by atoms with E-state index in [1.807, 2.05) is 26.0 Å². The Bertz CT molecular complexity index is 1240. The van der Waals surface area contributed by atoms with E-state index in [9.17, 15) is 14.4 Å². The number of nitriles is 1. The number of benzene rings is 1. The van der Waals surface area contributed by atoms with Crippen LogP contribution in [0.2, 0.25) is 0 Å². The summed E-state index contributed by atoms with van der Waals surface area (Å²) >= 11 is 0. The Morgan fingerprint density at radius 3 is 2.46 bits per heavy atom. The average Bonchev–Trinajstić information content (AvgIpc) is 2.60. The van der Waals surface area contributed by atoms with Crippen LogP contribution in [0, 0.1) is 25.2 Å². The summed E-state index contributed by atoms with van der Waals surface area (Å²) in [6.45, 7) is 5.79. The van der Waals surface area contributed by atoms with Crippen LogP contribution in [0.1, 0.15) is 29.2 Å². The first-order valence-corrected chi connectivity index (χ1v) is 8.14. The molecule has 3 rings (SSSR count). The van der Waals surface area contributed by atoms with Crippen molar-refractivity contribution in [3.05, 3.63) is 77.9 Å². The summed E-state index contributed by atoms with van der Waals surface area (Å²) < 4.78 is 7.52. The number of aryl methyl sites for hydroxylation is 3.